The van der Waals surface area contributed by atoms with Crippen LogP contribution in [0.1, 0.15) is 15.9 Å². The number of carbonyl (C=O) groups is 1. The van der Waals surface area contributed by atoms with Gasteiger partial charge in [0, 0.05) is 30.1 Å². The Labute approximate surface area is 126 Å². The highest BCUT2D eigenvalue weighted by molar-refractivity contribution is 6.31. The van der Waals surface area contributed by atoms with Gasteiger partial charge in [-0.05, 0) is 6.07 Å². The zero-order valence-corrected chi connectivity index (χ0v) is 11.9. The summed E-state index contributed by atoms with van der Waals surface area (Å²) in [4.78, 5) is 15.0. The van der Waals surface area contributed by atoms with Crippen LogP contribution in [0.4, 0.5) is 5.69 Å². The standard InChI is InChI=1S/C14H13ClN2O4/c1-20-12-5-11(16)9(14(18)19)4-13(12)21-7-8-2-3-17-6-10(8)15/h2-6H,7,16H2,1H3,(H,18,19). The molecule has 0 aliphatic rings. The number of carboxylic acid groups (broad SMARTS) is 1. The highest BCUT2D eigenvalue weighted by Crippen LogP contribution is 2.33. The van der Waals surface area contributed by atoms with Crippen molar-refractivity contribution in [3.8, 4) is 11.5 Å². The van der Waals surface area contributed by atoms with Crippen molar-refractivity contribution in [2.24, 2.45) is 0 Å². The van der Waals surface area contributed by atoms with Crippen LogP contribution in [0.3, 0.4) is 0 Å². The van der Waals surface area contributed by atoms with Crippen molar-refractivity contribution in [2.45, 2.75) is 6.61 Å². The molecule has 0 radical (unpaired) electrons. The summed E-state index contributed by atoms with van der Waals surface area (Å²) < 4.78 is 10.7. The third-order valence-electron chi connectivity index (χ3n) is 2.81. The smallest absolute Gasteiger partial charge is 0.337 e. The second-order valence-electron chi connectivity index (χ2n) is 4.15. The molecule has 0 amide bonds. The summed E-state index contributed by atoms with van der Waals surface area (Å²) >= 11 is 5.98. The van der Waals surface area contributed by atoms with E-state index in [9.17, 15) is 4.79 Å². The van der Waals surface area contributed by atoms with Crippen molar-refractivity contribution in [3.05, 3.63) is 46.7 Å². The summed E-state index contributed by atoms with van der Waals surface area (Å²) in [5, 5.41) is 9.54. The minimum absolute atomic E-state index is 0.0494. The number of ether oxygens (including phenoxy) is 2. The van der Waals surface area contributed by atoms with Crippen LogP contribution in [0.2, 0.25) is 5.02 Å². The number of carboxylic acids is 1. The topological polar surface area (TPSA) is 94.7 Å². The Bertz CT molecular complexity index is 676. The number of anilines is 1. The molecule has 3 N–H and O–H groups in total. The van der Waals surface area contributed by atoms with Crippen LogP contribution >= 0.6 is 11.6 Å². The SMILES string of the molecule is COc1cc(N)c(C(=O)O)cc1OCc1ccncc1Cl. The van der Waals surface area contributed by atoms with Crippen LogP contribution in [0, 0.1) is 0 Å². The van der Waals surface area contributed by atoms with Crippen molar-refractivity contribution in [2.75, 3.05) is 12.8 Å². The molecule has 2 rings (SSSR count). The minimum atomic E-state index is -1.14. The number of hydrogen-bond donors (Lipinski definition) is 2. The number of halogens is 1. The highest BCUT2D eigenvalue weighted by Gasteiger charge is 2.15. The van der Waals surface area contributed by atoms with Gasteiger partial charge in [-0.1, -0.05) is 11.6 Å². The van der Waals surface area contributed by atoms with Gasteiger partial charge in [0.05, 0.1) is 23.4 Å². The Hall–Kier alpha value is -2.47. The van der Waals surface area contributed by atoms with E-state index in [1.54, 1.807) is 12.3 Å². The Morgan fingerprint density at radius 2 is 2.19 bits per heavy atom. The van der Waals surface area contributed by atoms with E-state index in [-0.39, 0.29) is 23.6 Å². The summed E-state index contributed by atoms with van der Waals surface area (Å²) in [6.45, 7) is 0.153. The number of nitrogens with two attached hydrogens (primary N) is 1. The summed E-state index contributed by atoms with van der Waals surface area (Å²) in [5.74, 6) is -0.512. The summed E-state index contributed by atoms with van der Waals surface area (Å²) in [6.07, 6.45) is 3.09. The fourth-order valence-corrected chi connectivity index (χ4v) is 1.88. The number of rotatable bonds is 5. The minimum Gasteiger partial charge on any atom is -0.493 e. The highest BCUT2D eigenvalue weighted by atomic mass is 35.5. The lowest BCUT2D eigenvalue weighted by Crippen LogP contribution is -2.05. The maximum Gasteiger partial charge on any atom is 0.337 e. The molecule has 1 heterocycles. The zero-order valence-electron chi connectivity index (χ0n) is 11.2. The lowest BCUT2D eigenvalue weighted by Gasteiger charge is -2.13. The Morgan fingerprint density at radius 1 is 1.43 bits per heavy atom. The number of pyridine rings is 1. The van der Waals surface area contributed by atoms with Crippen molar-refractivity contribution in [1.29, 1.82) is 0 Å². The monoisotopic (exact) mass is 308 g/mol. The van der Waals surface area contributed by atoms with Crippen LogP contribution in [0.25, 0.3) is 0 Å². The van der Waals surface area contributed by atoms with Gasteiger partial charge in [-0.3, -0.25) is 4.98 Å². The van der Waals surface area contributed by atoms with E-state index in [2.05, 4.69) is 4.98 Å². The Balaban J connectivity index is 2.28. The summed E-state index contributed by atoms with van der Waals surface area (Å²) in [7, 11) is 1.45. The molecule has 0 saturated heterocycles. The lowest BCUT2D eigenvalue weighted by molar-refractivity contribution is 0.0697. The molecule has 0 aliphatic heterocycles. The third kappa shape index (κ3) is 3.35. The van der Waals surface area contributed by atoms with Crippen molar-refractivity contribution < 1.29 is 19.4 Å². The van der Waals surface area contributed by atoms with E-state index in [0.717, 1.165) is 5.56 Å². The molecule has 1 aromatic carbocycles. The Morgan fingerprint density at radius 3 is 2.81 bits per heavy atom. The maximum atomic E-state index is 11.1. The first-order valence-corrected chi connectivity index (χ1v) is 6.32. The second kappa shape index (κ2) is 6.32. The number of benzene rings is 1. The summed E-state index contributed by atoms with van der Waals surface area (Å²) in [5.41, 5.74) is 6.43. The molecule has 0 bridgehead atoms. The van der Waals surface area contributed by atoms with Gasteiger partial charge in [-0.25, -0.2) is 4.79 Å². The molecule has 21 heavy (non-hydrogen) atoms. The number of aromatic carboxylic acids is 1. The molecule has 0 atom stereocenters. The van der Waals surface area contributed by atoms with Crippen molar-refractivity contribution in [3.63, 3.8) is 0 Å². The van der Waals surface area contributed by atoms with Crippen molar-refractivity contribution in [1.82, 2.24) is 4.98 Å². The predicted molar refractivity (Wildman–Crippen MR) is 77.9 cm³/mol. The van der Waals surface area contributed by atoms with Gasteiger partial charge in [0.15, 0.2) is 11.5 Å². The fourth-order valence-electron chi connectivity index (χ4n) is 1.71. The average molecular weight is 309 g/mol. The molecule has 0 aliphatic carbocycles. The van der Waals surface area contributed by atoms with E-state index < -0.39 is 5.97 Å². The normalized spacial score (nSPS) is 10.2. The largest absolute Gasteiger partial charge is 0.493 e. The number of nitrogen functional groups attached to an aromatic ring is 1. The van der Waals surface area contributed by atoms with E-state index in [0.29, 0.717) is 10.8 Å². The summed E-state index contributed by atoms with van der Waals surface area (Å²) in [6, 6.07) is 4.45. The van der Waals surface area contributed by atoms with Crippen molar-refractivity contribution >= 4 is 23.3 Å². The van der Waals surface area contributed by atoms with Gasteiger partial charge >= 0.3 is 5.97 Å². The third-order valence-corrected chi connectivity index (χ3v) is 3.15. The molecule has 0 spiro atoms. The van der Waals surface area contributed by atoms with Crippen LogP contribution in [0.5, 0.6) is 11.5 Å². The molecule has 0 saturated carbocycles. The zero-order chi connectivity index (χ0) is 15.4. The van der Waals surface area contributed by atoms with Gasteiger partial charge in [-0.2, -0.15) is 0 Å². The van der Waals surface area contributed by atoms with E-state index in [4.69, 9.17) is 31.9 Å². The van der Waals surface area contributed by atoms with Gasteiger partial charge in [-0.15, -0.1) is 0 Å². The molecule has 0 unspecified atom stereocenters. The van der Waals surface area contributed by atoms with Gasteiger partial charge in [0.25, 0.3) is 0 Å². The molecule has 110 valence electrons. The molecular weight excluding hydrogens is 296 g/mol. The first kappa shape index (κ1) is 14.9. The maximum absolute atomic E-state index is 11.1. The molecule has 7 heteroatoms. The molecule has 2 aromatic rings. The van der Waals surface area contributed by atoms with Gasteiger partial charge < -0.3 is 20.3 Å². The number of hydrogen-bond acceptors (Lipinski definition) is 5. The van der Waals surface area contributed by atoms with Crippen LogP contribution in [-0.4, -0.2) is 23.2 Å². The molecular formula is C14H13ClN2O4. The molecule has 1 aromatic heterocycles. The Kier molecular flexibility index (Phi) is 4.49. The first-order valence-electron chi connectivity index (χ1n) is 5.95. The number of methoxy groups -OCH3 is 1. The van der Waals surface area contributed by atoms with Crippen LogP contribution in [0.15, 0.2) is 30.6 Å². The second-order valence-corrected chi connectivity index (χ2v) is 4.56. The van der Waals surface area contributed by atoms with E-state index >= 15 is 0 Å². The van der Waals surface area contributed by atoms with Crippen LogP contribution in [-0.2, 0) is 6.61 Å². The number of aromatic nitrogens is 1. The average Bonchev–Trinajstić information content (AvgIpc) is 2.46. The molecule has 6 nitrogen and oxygen atoms in total. The van der Waals surface area contributed by atoms with E-state index in [1.807, 2.05) is 0 Å². The predicted octanol–water partition coefficient (Wildman–Crippen LogP) is 2.60. The molecule has 0 fully saturated rings. The van der Waals surface area contributed by atoms with E-state index in [1.165, 1.54) is 25.4 Å². The quantitative estimate of drug-likeness (QED) is 0.824. The first-order chi connectivity index (χ1) is 10.0. The number of nitrogens with zero attached hydrogens (tertiary/aromatic N) is 1. The van der Waals surface area contributed by atoms with Gasteiger partial charge in [0.2, 0.25) is 0 Å². The lowest BCUT2D eigenvalue weighted by atomic mass is 10.1. The van der Waals surface area contributed by atoms with Crippen LogP contribution < -0.4 is 15.2 Å². The fraction of sp³-hybridized carbons (Fsp3) is 0.143. The van der Waals surface area contributed by atoms with Gasteiger partial charge in [0.1, 0.15) is 6.61 Å².